The number of hydrogen-bond donors (Lipinski definition) is 2. The molecule has 0 aliphatic carbocycles. The lowest BCUT2D eigenvalue weighted by molar-refractivity contribution is 0.159. The molecule has 0 saturated heterocycles. The SMILES string of the molecule is CCC(O)CCNC(C)c1sccc1C. The zero-order chi connectivity index (χ0) is 11.3. The monoisotopic (exact) mass is 227 g/mol. The van der Waals surface area contributed by atoms with Crippen molar-refractivity contribution in [3.63, 3.8) is 0 Å². The van der Waals surface area contributed by atoms with Gasteiger partial charge in [-0.1, -0.05) is 6.92 Å². The maximum atomic E-state index is 9.42. The van der Waals surface area contributed by atoms with E-state index in [4.69, 9.17) is 0 Å². The third-order valence-electron chi connectivity index (χ3n) is 2.69. The number of rotatable bonds is 6. The van der Waals surface area contributed by atoms with Crippen molar-refractivity contribution in [3.05, 3.63) is 21.9 Å². The quantitative estimate of drug-likeness (QED) is 0.783. The molecule has 1 heterocycles. The summed E-state index contributed by atoms with van der Waals surface area (Å²) in [6, 6.07) is 2.55. The molecule has 2 unspecified atom stereocenters. The van der Waals surface area contributed by atoms with Crippen molar-refractivity contribution in [2.75, 3.05) is 6.54 Å². The number of aliphatic hydroxyl groups excluding tert-OH is 1. The minimum atomic E-state index is -0.158. The van der Waals surface area contributed by atoms with Gasteiger partial charge in [-0.05, 0) is 50.2 Å². The molecule has 0 bridgehead atoms. The van der Waals surface area contributed by atoms with E-state index >= 15 is 0 Å². The van der Waals surface area contributed by atoms with Crippen molar-refractivity contribution in [1.82, 2.24) is 5.32 Å². The highest BCUT2D eigenvalue weighted by molar-refractivity contribution is 7.10. The second-order valence-corrected chi connectivity index (χ2v) is 4.94. The van der Waals surface area contributed by atoms with Crippen LogP contribution < -0.4 is 5.32 Å². The molecule has 0 spiro atoms. The molecule has 0 fully saturated rings. The molecule has 1 aromatic heterocycles. The average Bonchev–Trinajstić information content (AvgIpc) is 2.64. The van der Waals surface area contributed by atoms with Gasteiger partial charge in [0.05, 0.1) is 6.10 Å². The third kappa shape index (κ3) is 3.93. The van der Waals surface area contributed by atoms with Crippen LogP contribution >= 0.6 is 11.3 Å². The second kappa shape index (κ2) is 6.26. The van der Waals surface area contributed by atoms with Crippen molar-refractivity contribution >= 4 is 11.3 Å². The van der Waals surface area contributed by atoms with Gasteiger partial charge in [-0.25, -0.2) is 0 Å². The van der Waals surface area contributed by atoms with Crippen molar-refractivity contribution in [1.29, 1.82) is 0 Å². The molecular formula is C12H21NOS. The average molecular weight is 227 g/mol. The van der Waals surface area contributed by atoms with Gasteiger partial charge in [-0.3, -0.25) is 0 Å². The van der Waals surface area contributed by atoms with E-state index in [2.05, 4.69) is 30.6 Å². The standard InChI is InChI=1S/C12H21NOS/c1-4-11(14)5-7-13-10(3)12-9(2)6-8-15-12/h6,8,10-11,13-14H,4-5,7H2,1-3H3. The normalized spacial score (nSPS) is 15.2. The van der Waals surface area contributed by atoms with Crippen LogP contribution in [0.2, 0.25) is 0 Å². The lowest BCUT2D eigenvalue weighted by Crippen LogP contribution is -2.23. The Balaban J connectivity index is 2.31. The Morgan fingerprint density at radius 2 is 2.27 bits per heavy atom. The fraction of sp³-hybridized carbons (Fsp3) is 0.667. The van der Waals surface area contributed by atoms with Gasteiger partial charge in [0.15, 0.2) is 0 Å². The summed E-state index contributed by atoms with van der Waals surface area (Å²) in [4.78, 5) is 1.40. The first-order valence-electron chi connectivity index (χ1n) is 5.60. The molecule has 1 aromatic rings. The minimum Gasteiger partial charge on any atom is -0.393 e. The molecule has 2 N–H and O–H groups in total. The summed E-state index contributed by atoms with van der Waals surface area (Å²) in [7, 11) is 0. The topological polar surface area (TPSA) is 32.3 Å². The maximum absolute atomic E-state index is 9.42. The zero-order valence-electron chi connectivity index (χ0n) is 9.79. The van der Waals surface area contributed by atoms with Crippen LogP contribution in [0.3, 0.4) is 0 Å². The number of nitrogens with one attached hydrogen (secondary N) is 1. The molecule has 1 rings (SSSR count). The van der Waals surface area contributed by atoms with Crippen molar-refractivity contribution in [2.24, 2.45) is 0 Å². The maximum Gasteiger partial charge on any atom is 0.0549 e. The highest BCUT2D eigenvalue weighted by atomic mass is 32.1. The molecule has 0 aliphatic rings. The molecule has 2 atom stereocenters. The Hall–Kier alpha value is -0.380. The number of thiophene rings is 1. The van der Waals surface area contributed by atoms with Crippen LogP contribution in [0.4, 0.5) is 0 Å². The minimum absolute atomic E-state index is 0.158. The second-order valence-electron chi connectivity index (χ2n) is 3.99. The van der Waals surface area contributed by atoms with Crippen LogP contribution in [0.15, 0.2) is 11.4 Å². The van der Waals surface area contributed by atoms with E-state index < -0.39 is 0 Å². The van der Waals surface area contributed by atoms with E-state index in [0.29, 0.717) is 6.04 Å². The molecule has 0 saturated carbocycles. The Kier molecular flexibility index (Phi) is 5.29. The van der Waals surface area contributed by atoms with Gasteiger partial charge in [0.2, 0.25) is 0 Å². The van der Waals surface area contributed by atoms with Gasteiger partial charge in [0.1, 0.15) is 0 Å². The molecule has 0 aliphatic heterocycles. The summed E-state index contributed by atoms with van der Waals surface area (Å²) >= 11 is 1.80. The van der Waals surface area contributed by atoms with Gasteiger partial charge in [0.25, 0.3) is 0 Å². The van der Waals surface area contributed by atoms with Crippen LogP contribution in [-0.2, 0) is 0 Å². The van der Waals surface area contributed by atoms with Gasteiger partial charge in [-0.15, -0.1) is 11.3 Å². The van der Waals surface area contributed by atoms with Crippen LogP contribution in [0, 0.1) is 6.92 Å². The van der Waals surface area contributed by atoms with E-state index in [1.807, 2.05) is 6.92 Å². The predicted octanol–water partition coefficient (Wildman–Crippen LogP) is 2.87. The van der Waals surface area contributed by atoms with Crippen molar-refractivity contribution in [2.45, 2.75) is 45.8 Å². The first-order chi connectivity index (χ1) is 7.15. The van der Waals surface area contributed by atoms with Gasteiger partial charge < -0.3 is 10.4 Å². The van der Waals surface area contributed by atoms with E-state index in [9.17, 15) is 5.11 Å². The van der Waals surface area contributed by atoms with Gasteiger partial charge in [-0.2, -0.15) is 0 Å². The molecule has 0 radical (unpaired) electrons. The molecule has 86 valence electrons. The zero-order valence-corrected chi connectivity index (χ0v) is 10.6. The smallest absolute Gasteiger partial charge is 0.0549 e. The lowest BCUT2D eigenvalue weighted by Gasteiger charge is -2.14. The van der Waals surface area contributed by atoms with Gasteiger partial charge >= 0.3 is 0 Å². The molecule has 2 nitrogen and oxygen atoms in total. The van der Waals surface area contributed by atoms with Crippen LogP contribution in [0.25, 0.3) is 0 Å². The summed E-state index contributed by atoms with van der Waals surface area (Å²) < 4.78 is 0. The fourth-order valence-electron chi connectivity index (χ4n) is 1.59. The number of aryl methyl sites for hydroxylation is 1. The molecule has 0 aromatic carbocycles. The van der Waals surface area contributed by atoms with E-state index in [-0.39, 0.29) is 6.10 Å². The third-order valence-corrected chi connectivity index (χ3v) is 3.90. The Bertz CT molecular complexity index is 285. The van der Waals surface area contributed by atoms with Gasteiger partial charge in [0, 0.05) is 10.9 Å². The first-order valence-corrected chi connectivity index (χ1v) is 6.48. The first kappa shape index (κ1) is 12.7. The van der Waals surface area contributed by atoms with Crippen LogP contribution in [0.1, 0.15) is 43.2 Å². The van der Waals surface area contributed by atoms with Crippen LogP contribution in [0.5, 0.6) is 0 Å². The molecule has 0 amide bonds. The molecule has 3 heteroatoms. The molecular weight excluding hydrogens is 206 g/mol. The Morgan fingerprint density at radius 3 is 2.80 bits per heavy atom. The Morgan fingerprint density at radius 1 is 1.53 bits per heavy atom. The van der Waals surface area contributed by atoms with E-state index in [0.717, 1.165) is 19.4 Å². The summed E-state index contributed by atoms with van der Waals surface area (Å²) in [5.41, 5.74) is 1.36. The number of hydrogen-bond acceptors (Lipinski definition) is 3. The summed E-state index contributed by atoms with van der Waals surface area (Å²) in [5.74, 6) is 0. The highest BCUT2D eigenvalue weighted by Gasteiger charge is 2.09. The van der Waals surface area contributed by atoms with Crippen molar-refractivity contribution < 1.29 is 5.11 Å². The van der Waals surface area contributed by atoms with E-state index in [1.165, 1.54) is 10.4 Å². The van der Waals surface area contributed by atoms with Crippen LogP contribution in [-0.4, -0.2) is 17.8 Å². The Labute approximate surface area is 96.3 Å². The van der Waals surface area contributed by atoms with Crippen molar-refractivity contribution in [3.8, 4) is 0 Å². The summed E-state index contributed by atoms with van der Waals surface area (Å²) in [6.07, 6.45) is 1.52. The summed E-state index contributed by atoms with van der Waals surface area (Å²) in [6.45, 7) is 7.22. The highest BCUT2D eigenvalue weighted by Crippen LogP contribution is 2.23. The fourth-order valence-corrected chi connectivity index (χ4v) is 2.55. The molecule has 15 heavy (non-hydrogen) atoms. The largest absolute Gasteiger partial charge is 0.393 e. The number of aliphatic hydroxyl groups is 1. The predicted molar refractivity (Wildman–Crippen MR) is 66.4 cm³/mol. The van der Waals surface area contributed by atoms with E-state index in [1.54, 1.807) is 11.3 Å². The summed E-state index contributed by atoms with van der Waals surface area (Å²) in [5, 5.41) is 15.0. The lowest BCUT2D eigenvalue weighted by atomic mass is 10.1.